The van der Waals surface area contributed by atoms with Gasteiger partial charge < -0.3 is 15.2 Å². The average Bonchev–Trinajstić information content (AvgIpc) is 2.75. The molecule has 1 atom stereocenters. The molecule has 1 unspecified atom stereocenters. The number of aliphatic hydroxyl groups is 1. The standard InChI is InChI=1S/C11H24N2O2/c1-2-13(6-8-15-9-7-14)10-11-4-3-5-12-11/h11-12,14H,2-10H2,1H3. The minimum Gasteiger partial charge on any atom is -0.394 e. The maximum atomic E-state index is 8.57. The van der Waals surface area contributed by atoms with Crippen LogP contribution in [0.5, 0.6) is 0 Å². The molecular formula is C11H24N2O2. The van der Waals surface area contributed by atoms with Gasteiger partial charge in [-0.2, -0.15) is 0 Å². The Bertz CT molecular complexity index is 150. The highest BCUT2D eigenvalue weighted by Gasteiger charge is 2.16. The second-order valence-electron chi connectivity index (χ2n) is 4.02. The Morgan fingerprint density at radius 3 is 2.93 bits per heavy atom. The van der Waals surface area contributed by atoms with Crippen molar-refractivity contribution in [2.24, 2.45) is 0 Å². The highest BCUT2D eigenvalue weighted by Crippen LogP contribution is 2.06. The first-order valence-electron chi connectivity index (χ1n) is 6.01. The lowest BCUT2D eigenvalue weighted by atomic mass is 10.2. The third-order valence-electron chi connectivity index (χ3n) is 2.88. The summed E-state index contributed by atoms with van der Waals surface area (Å²) < 4.78 is 5.27. The van der Waals surface area contributed by atoms with Crippen LogP contribution in [0, 0.1) is 0 Å². The van der Waals surface area contributed by atoms with Crippen molar-refractivity contribution >= 4 is 0 Å². The van der Waals surface area contributed by atoms with Crippen molar-refractivity contribution in [3.63, 3.8) is 0 Å². The monoisotopic (exact) mass is 216 g/mol. The Hall–Kier alpha value is -0.160. The molecule has 0 aromatic carbocycles. The molecule has 4 heteroatoms. The second kappa shape index (κ2) is 8.05. The molecule has 4 nitrogen and oxygen atoms in total. The summed E-state index contributed by atoms with van der Waals surface area (Å²) in [5.74, 6) is 0. The SMILES string of the molecule is CCN(CCOCCO)CC1CCCN1. The van der Waals surface area contributed by atoms with E-state index in [1.54, 1.807) is 0 Å². The lowest BCUT2D eigenvalue weighted by Gasteiger charge is -2.23. The summed E-state index contributed by atoms with van der Waals surface area (Å²) in [6, 6.07) is 0.669. The highest BCUT2D eigenvalue weighted by atomic mass is 16.5. The van der Waals surface area contributed by atoms with E-state index in [0.29, 0.717) is 12.6 Å². The maximum absolute atomic E-state index is 8.57. The van der Waals surface area contributed by atoms with Crippen LogP contribution in [0.1, 0.15) is 19.8 Å². The second-order valence-corrected chi connectivity index (χ2v) is 4.02. The van der Waals surface area contributed by atoms with Crippen molar-refractivity contribution < 1.29 is 9.84 Å². The highest BCUT2D eigenvalue weighted by molar-refractivity contribution is 4.77. The van der Waals surface area contributed by atoms with Crippen molar-refractivity contribution in [1.82, 2.24) is 10.2 Å². The first-order chi connectivity index (χ1) is 7.36. The lowest BCUT2D eigenvalue weighted by molar-refractivity contribution is 0.0730. The van der Waals surface area contributed by atoms with Gasteiger partial charge in [0, 0.05) is 19.1 Å². The molecule has 0 bridgehead atoms. The van der Waals surface area contributed by atoms with Crippen LogP contribution in [0.15, 0.2) is 0 Å². The van der Waals surface area contributed by atoms with Gasteiger partial charge in [-0.1, -0.05) is 6.92 Å². The Balaban J connectivity index is 2.06. The van der Waals surface area contributed by atoms with E-state index in [1.807, 2.05) is 0 Å². The summed E-state index contributed by atoms with van der Waals surface area (Å²) in [6.07, 6.45) is 2.61. The molecule has 1 aliphatic heterocycles. The molecule has 0 saturated carbocycles. The van der Waals surface area contributed by atoms with Crippen molar-refractivity contribution in [3.8, 4) is 0 Å². The molecule has 1 fully saturated rings. The van der Waals surface area contributed by atoms with E-state index in [0.717, 1.165) is 26.2 Å². The predicted molar refractivity (Wildman–Crippen MR) is 61.0 cm³/mol. The van der Waals surface area contributed by atoms with Crippen LogP contribution in [0.4, 0.5) is 0 Å². The minimum atomic E-state index is 0.121. The molecule has 0 aromatic rings. The quantitative estimate of drug-likeness (QED) is 0.564. The molecule has 0 aliphatic carbocycles. The summed E-state index contributed by atoms with van der Waals surface area (Å²) in [6.45, 7) is 7.81. The van der Waals surface area contributed by atoms with Gasteiger partial charge in [0.25, 0.3) is 0 Å². The molecule has 15 heavy (non-hydrogen) atoms. The van der Waals surface area contributed by atoms with Gasteiger partial charge in [0.1, 0.15) is 0 Å². The zero-order valence-corrected chi connectivity index (χ0v) is 9.74. The van der Waals surface area contributed by atoms with Crippen molar-refractivity contribution in [3.05, 3.63) is 0 Å². The zero-order valence-electron chi connectivity index (χ0n) is 9.74. The summed E-state index contributed by atoms with van der Waals surface area (Å²) in [4.78, 5) is 2.40. The van der Waals surface area contributed by atoms with Crippen LogP contribution in [-0.2, 0) is 4.74 Å². The third kappa shape index (κ3) is 5.47. The largest absolute Gasteiger partial charge is 0.394 e. The zero-order chi connectivity index (χ0) is 10.9. The van der Waals surface area contributed by atoms with Crippen molar-refractivity contribution in [2.45, 2.75) is 25.8 Å². The first kappa shape index (κ1) is 12.9. The fourth-order valence-electron chi connectivity index (χ4n) is 1.96. The van der Waals surface area contributed by atoms with Crippen LogP contribution in [-0.4, -0.2) is 62.0 Å². The van der Waals surface area contributed by atoms with E-state index < -0.39 is 0 Å². The summed E-state index contributed by atoms with van der Waals surface area (Å²) >= 11 is 0. The summed E-state index contributed by atoms with van der Waals surface area (Å²) in [5.41, 5.74) is 0. The fraction of sp³-hybridized carbons (Fsp3) is 1.00. The van der Waals surface area contributed by atoms with Gasteiger partial charge in [-0.25, -0.2) is 0 Å². The van der Waals surface area contributed by atoms with Crippen molar-refractivity contribution in [1.29, 1.82) is 0 Å². The van der Waals surface area contributed by atoms with Gasteiger partial charge in [0.05, 0.1) is 19.8 Å². The number of nitrogens with one attached hydrogen (secondary N) is 1. The van der Waals surface area contributed by atoms with Crippen LogP contribution in [0.25, 0.3) is 0 Å². The molecule has 1 saturated heterocycles. The topological polar surface area (TPSA) is 44.7 Å². The fourth-order valence-corrected chi connectivity index (χ4v) is 1.96. The first-order valence-corrected chi connectivity index (χ1v) is 6.01. The van der Waals surface area contributed by atoms with Crippen LogP contribution in [0.3, 0.4) is 0 Å². The number of aliphatic hydroxyl groups excluding tert-OH is 1. The number of likely N-dealkylation sites (N-methyl/N-ethyl adjacent to an activating group) is 1. The van der Waals surface area contributed by atoms with Gasteiger partial charge in [-0.3, -0.25) is 4.90 Å². The van der Waals surface area contributed by atoms with Crippen LogP contribution < -0.4 is 5.32 Å². The van der Waals surface area contributed by atoms with Gasteiger partial charge >= 0.3 is 0 Å². The van der Waals surface area contributed by atoms with E-state index in [9.17, 15) is 0 Å². The van der Waals surface area contributed by atoms with Gasteiger partial charge in [0.2, 0.25) is 0 Å². The van der Waals surface area contributed by atoms with Gasteiger partial charge in [0.15, 0.2) is 0 Å². The van der Waals surface area contributed by atoms with Crippen LogP contribution in [0.2, 0.25) is 0 Å². The Labute approximate surface area is 92.6 Å². The van der Waals surface area contributed by atoms with E-state index in [-0.39, 0.29) is 6.61 Å². The maximum Gasteiger partial charge on any atom is 0.0698 e. The minimum absolute atomic E-state index is 0.121. The summed E-state index contributed by atoms with van der Waals surface area (Å²) in [5, 5.41) is 12.1. The van der Waals surface area contributed by atoms with Crippen molar-refractivity contribution in [2.75, 3.05) is 46.0 Å². The van der Waals surface area contributed by atoms with E-state index >= 15 is 0 Å². The van der Waals surface area contributed by atoms with Gasteiger partial charge in [-0.05, 0) is 25.9 Å². The number of rotatable bonds is 8. The Morgan fingerprint density at radius 2 is 2.33 bits per heavy atom. The van der Waals surface area contributed by atoms with Gasteiger partial charge in [-0.15, -0.1) is 0 Å². The number of nitrogens with zero attached hydrogens (tertiary/aromatic N) is 1. The molecule has 1 heterocycles. The average molecular weight is 216 g/mol. The molecule has 90 valence electrons. The van der Waals surface area contributed by atoms with E-state index in [1.165, 1.54) is 19.4 Å². The molecule has 0 spiro atoms. The molecule has 1 aliphatic rings. The number of ether oxygens (including phenoxy) is 1. The molecule has 0 radical (unpaired) electrons. The number of hydrogen-bond donors (Lipinski definition) is 2. The molecule has 0 aromatic heterocycles. The summed E-state index contributed by atoms with van der Waals surface area (Å²) in [7, 11) is 0. The van der Waals surface area contributed by atoms with Crippen LogP contribution >= 0.6 is 0 Å². The molecule has 2 N–H and O–H groups in total. The molecule has 1 rings (SSSR count). The third-order valence-corrected chi connectivity index (χ3v) is 2.88. The molecule has 0 amide bonds. The Morgan fingerprint density at radius 1 is 1.47 bits per heavy atom. The smallest absolute Gasteiger partial charge is 0.0698 e. The number of hydrogen-bond acceptors (Lipinski definition) is 4. The normalized spacial score (nSPS) is 21.4. The van der Waals surface area contributed by atoms with E-state index in [2.05, 4.69) is 17.1 Å². The molecular weight excluding hydrogens is 192 g/mol. The lowest BCUT2D eigenvalue weighted by Crippen LogP contribution is -2.39. The van der Waals surface area contributed by atoms with E-state index in [4.69, 9.17) is 9.84 Å². The predicted octanol–water partition coefficient (Wildman–Crippen LogP) is 0.0692. The Kier molecular flexibility index (Phi) is 6.92.